The van der Waals surface area contributed by atoms with Crippen molar-refractivity contribution in [1.82, 2.24) is 10.2 Å². The van der Waals surface area contributed by atoms with E-state index in [9.17, 15) is 0 Å². The summed E-state index contributed by atoms with van der Waals surface area (Å²) in [4.78, 5) is 3.87. The van der Waals surface area contributed by atoms with Crippen molar-refractivity contribution in [2.45, 2.75) is 25.9 Å². The quantitative estimate of drug-likeness (QED) is 0.904. The van der Waals surface area contributed by atoms with Gasteiger partial charge < -0.3 is 5.32 Å². The molecule has 1 saturated heterocycles. The van der Waals surface area contributed by atoms with Crippen molar-refractivity contribution in [3.63, 3.8) is 0 Å². The maximum Gasteiger partial charge on any atom is 0.0637 e. The summed E-state index contributed by atoms with van der Waals surface area (Å²) in [6.45, 7) is 6.60. The number of thiophene rings is 1. The van der Waals surface area contributed by atoms with Crippen LogP contribution in [0, 0.1) is 0 Å². The Hall–Kier alpha value is -0.610. The van der Waals surface area contributed by atoms with Crippen LogP contribution in [0.2, 0.25) is 5.02 Å². The standard InChI is InChI=1S/C15H19ClN2S/c1-2-7-18(11-8-17-9-11)10-14-15(16)12-5-3-4-6-13(12)19-14/h3-6,11,17H,2,7-10H2,1H3. The second-order valence-electron chi connectivity index (χ2n) is 5.12. The number of fused-ring (bicyclic) bond motifs is 1. The Morgan fingerprint density at radius 3 is 2.79 bits per heavy atom. The first-order chi connectivity index (χ1) is 9.29. The lowest BCUT2D eigenvalue weighted by atomic mass is 10.1. The second-order valence-corrected chi connectivity index (χ2v) is 6.63. The Kier molecular flexibility index (Phi) is 4.08. The molecule has 19 heavy (non-hydrogen) atoms. The third-order valence-electron chi connectivity index (χ3n) is 3.74. The van der Waals surface area contributed by atoms with E-state index >= 15 is 0 Å². The largest absolute Gasteiger partial charge is 0.314 e. The van der Waals surface area contributed by atoms with Crippen molar-refractivity contribution >= 4 is 33.0 Å². The number of benzene rings is 1. The predicted molar refractivity (Wildman–Crippen MR) is 84.2 cm³/mol. The van der Waals surface area contributed by atoms with Crippen LogP contribution in [0.15, 0.2) is 24.3 Å². The van der Waals surface area contributed by atoms with Gasteiger partial charge in [0.2, 0.25) is 0 Å². The minimum absolute atomic E-state index is 0.682. The maximum absolute atomic E-state index is 6.54. The molecular weight excluding hydrogens is 276 g/mol. The molecule has 0 atom stereocenters. The Bertz CT molecular complexity index is 562. The summed E-state index contributed by atoms with van der Waals surface area (Å²) >= 11 is 8.37. The van der Waals surface area contributed by atoms with Crippen LogP contribution in [0.25, 0.3) is 10.1 Å². The van der Waals surface area contributed by atoms with Crippen molar-refractivity contribution in [2.24, 2.45) is 0 Å². The average molecular weight is 295 g/mol. The zero-order valence-electron chi connectivity index (χ0n) is 11.2. The Morgan fingerprint density at radius 1 is 1.37 bits per heavy atom. The number of hydrogen-bond acceptors (Lipinski definition) is 3. The van der Waals surface area contributed by atoms with Crippen LogP contribution in [0.1, 0.15) is 18.2 Å². The highest BCUT2D eigenvalue weighted by Crippen LogP contribution is 2.36. The molecule has 0 amide bonds. The fourth-order valence-corrected chi connectivity index (χ4v) is 4.08. The third-order valence-corrected chi connectivity index (χ3v) is 5.43. The summed E-state index contributed by atoms with van der Waals surface area (Å²) in [5, 5.41) is 5.51. The minimum atomic E-state index is 0.682. The Morgan fingerprint density at radius 2 is 2.16 bits per heavy atom. The van der Waals surface area contributed by atoms with Gasteiger partial charge in [-0.2, -0.15) is 0 Å². The highest BCUT2D eigenvalue weighted by Gasteiger charge is 2.25. The SMILES string of the molecule is CCCN(Cc1sc2ccccc2c1Cl)C1CNC1. The van der Waals surface area contributed by atoms with Gasteiger partial charge in [-0.05, 0) is 19.0 Å². The van der Waals surface area contributed by atoms with Gasteiger partial charge in [0.1, 0.15) is 0 Å². The summed E-state index contributed by atoms with van der Waals surface area (Å²) < 4.78 is 1.30. The first kappa shape index (κ1) is 13.4. The van der Waals surface area contributed by atoms with Gasteiger partial charge in [0.05, 0.1) is 5.02 Å². The van der Waals surface area contributed by atoms with E-state index < -0.39 is 0 Å². The normalized spacial score (nSPS) is 16.2. The van der Waals surface area contributed by atoms with E-state index in [0.717, 1.165) is 31.2 Å². The van der Waals surface area contributed by atoms with Gasteiger partial charge in [0.25, 0.3) is 0 Å². The summed E-state index contributed by atoms with van der Waals surface area (Å²) in [5.41, 5.74) is 0. The Labute approximate surface area is 123 Å². The molecule has 2 heterocycles. The molecular formula is C15H19ClN2S. The number of nitrogens with one attached hydrogen (secondary N) is 1. The molecule has 1 N–H and O–H groups in total. The first-order valence-corrected chi connectivity index (χ1v) is 8.09. The van der Waals surface area contributed by atoms with Gasteiger partial charge in [0, 0.05) is 40.6 Å². The summed E-state index contributed by atoms with van der Waals surface area (Å²) in [6.07, 6.45) is 1.19. The van der Waals surface area contributed by atoms with E-state index in [-0.39, 0.29) is 0 Å². The van der Waals surface area contributed by atoms with Crippen molar-refractivity contribution in [3.05, 3.63) is 34.2 Å². The lowest BCUT2D eigenvalue weighted by molar-refractivity contribution is 0.139. The molecule has 0 spiro atoms. The van der Waals surface area contributed by atoms with Crippen LogP contribution in [0.5, 0.6) is 0 Å². The molecule has 0 unspecified atom stereocenters. The molecule has 4 heteroatoms. The molecule has 2 aromatic rings. The van der Waals surface area contributed by atoms with Crippen molar-refractivity contribution in [3.8, 4) is 0 Å². The molecule has 1 aliphatic rings. The van der Waals surface area contributed by atoms with Gasteiger partial charge >= 0.3 is 0 Å². The minimum Gasteiger partial charge on any atom is -0.314 e. The van der Waals surface area contributed by atoms with Crippen molar-refractivity contribution in [1.29, 1.82) is 0 Å². The topological polar surface area (TPSA) is 15.3 Å². The first-order valence-electron chi connectivity index (χ1n) is 6.90. The fraction of sp³-hybridized carbons (Fsp3) is 0.467. The molecule has 0 saturated carbocycles. The molecule has 0 aliphatic carbocycles. The maximum atomic E-state index is 6.54. The molecule has 1 fully saturated rings. The molecule has 0 radical (unpaired) electrons. The van der Waals surface area contributed by atoms with Crippen LogP contribution in [-0.4, -0.2) is 30.6 Å². The van der Waals surface area contributed by atoms with E-state index in [1.165, 1.54) is 21.4 Å². The van der Waals surface area contributed by atoms with E-state index in [1.54, 1.807) is 0 Å². The van der Waals surface area contributed by atoms with Crippen molar-refractivity contribution < 1.29 is 0 Å². The smallest absolute Gasteiger partial charge is 0.0637 e. The van der Waals surface area contributed by atoms with Crippen LogP contribution in [0.4, 0.5) is 0 Å². The van der Waals surface area contributed by atoms with Gasteiger partial charge in [0.15, 0.2) is 0 Å². The van der Waals surface area contributed by atoms with E-state index in [0.29, 0.717) is 6.04 Å². The summed E-state index contributed by atoms with van der Waals surface area (Å²) in [6, 6.07) is 9.10. The highest BCUT2D eigenvalue weighted by molar-refractivity contribution is 7.19. The molecule has 2 nitrogen and oxygen atoms in total. The summed E-state index contributed by atoms with van der Waals surface area (Å²) in [7, 11) is 0. The molecule has 1 aromatic carbocycles. The van der Waals surface area contributed by atoms with E-state index in [4.69, 9.17) is 11.6 Å². The lowest BCUT2D eigenvalue weighted by Crippen LogP contribution is -2.56. The average Bonchev–Trinajstić information content (AvgIpc) is 2.65. The van der Waals surface area contributed by atoms with Gasteiger partial charge in [-0.3, -0.25) is 4.90 Å². The van der Waals surface area contributed by atoms with Gasteiger partial charge in [-0.1, -0.05) is 36.7 Å². The molecule has 1 aromatic heterocycles. The number of halogens is 1. The number of rotatable bonds is 5. The lowest BCUT2D eigenvalue weighted by Gasteiger charge is -2.38. The van der Waals surface area contributed by atoms with Crippen LogP contribution in [0.3, 0.4) is 0 Å². The highest BCUT2D eigenvalue weighted by atomic mass is 35.5. The van der Waals surface area contributed by atoms with Gasteiger partial charge in [-0.25, -0.2) is 0 Å². The fourth-order valence-electron chi connectivity index (χ4n) is 2.56. The molecule has 3 rings (SSSR count). The summed E-state index contributed by atoms with van der Waals surface area (Å²) in [5.74, 6) is 0. The monoisotopic (exact) mass is 294 g/mol. The van der Waals surface area contributed by atoms with Gasteiger partial charge in [-0.15, -0.1) is 11.3 Å². The third kappa shape index (κ3) is 2.65. The molecule has 0 bridgehead atoms. The number of nitrogens with zero attached hydrogens (tertiary/aromatic N) is 1. The van der Waals surface area contributed by atoms with Crippen LogP contribution in [-0.2, 0) is 6.54 Å². The van der Waals surface area contributed by atoms with E-state index in [2.05, 4.69) is 41.4 Å². The Balaban J connectivity index is 1.84. The second kappa shape index (κ2) is 5.80. The van der Waals surface area contributed by atoms with Crippen molar-refractivity contribution in [2.75, 3.05) is 19.6 Å². The zero-order valence-corrected chi connectivity index (χ0v) is 12.7. The van der Waals surface area contributed by atoms with Crippen LogP contribution < -0.4 is 5.32 Å². The molecule has 1 aliphatic heterocycles. The predicted octanol–water partition coefficient (Wildman–Crippen LogP) is 3.74. The molecule has 102 valence electrons. The zero-order chi connectivity index (χ0) is 13.2. The number of hydrogen-bond donors (Lipinski definition) is 1. The van der Waals surface area contributed by atoms with Crippen LogP contribution >= 0.6 is 22.9 Å². The van der Waals surface area contributed by atoms with E-state index in [1.807, 2.05) is 11.3 Å².